The molecule has 0 aliphatic heterocycles. The van der Waals surface area contributed by atoms with Gasteiger partial charge in [0.2, 0.25) is 5.91 Å². The molecule has 5 rings (SSSR count). The van der Waals surface area contributed by atoms with Crippen LogP contribution in [0.25, 0.3) is 17.2 Å². The molecule has 2 N–H and O–H groups in total. The second-order valence-electron chi connectivity index (χ2n) is 8.48. The van der Waals surface area contributed by atoms with E-state index < -0.39 is 10.0 Å². The van der Waals surface area contributed by atoms with Gasteiger partial charge in [-0.3, -0.25) is 19.1 Å². The lowest BCUT2D eigenvalue weighted by atomic mass is 10.3. The summed E-state index contributed by atoms with van der Waals surface area (Å²) in [4.78, 5) is 29.5. The third-order valence-electron chi connectivity index (χ3n) is 5.43. The van der Waals surface area contributed by atoms with Crippen LogP contribution in [0.3, 0.4) is 0 Å². The molecule has 0 bridgehead atoms. The van der Waals surface area contributed by atoms with Crippen molar-refractivity contribution >= 4 is 39.2 Å². The highest BCUT2D eigenvalue weighted by Gasteiger charge is 2.19. The fourth-order valence-corrected chi connectivity index (χ4v) is 5.51. The summed E-state index contributed by atoms with van der Waals surface area (Å²) in [6.45, 7) is 3.44. The Balaban J connectivity index is 1.26. The number of amides is 1. The van der Waals surface area contributed by atoms with Gasteiger partial charge >= 0.3 is 0 Å². The number of nitrogens with one attached hydrogen (secondary N) is 2. The Kier molecular flexibility index (Phi) is 7.79. The largest absolute Gasteiger partial charge is 0.325 e. The molecule has 12 nitrogen and oxygen atoms in total. The first-order chi connectivity index (χ1) is 19.3. The number of anilines is 2. The standard InChI is InChI=1S/C26H23N9O3S2/c1-17-14-23(30-18(2)29-17)34-40(37,38)21-10-8-19(9-11-21)31-24(36)16-39-26-33-32-25(22-15-27-12-13-28-22)35(26)20-6-4-3-5-7-20/h3-15H,16H2,1-2H3,(H,31,36)(H,29,30,34). The third kappa shape index (κ3) is 6.30. The summed E-state index contributed by atoms with van der Waals surface area (Å²) >= 11 is 1.21. The van der Waals surface area contributed by atoms with Crippen molar-refractivity contribution in [2.45, 2.75) is 23.9 Å². The minimum atomic E-state index is -3.87. The maximum absolute atomic E-state index is 12.8. The zero-order valence-corrected chi connectivity index (χ0v) is 23.0. The lowest BCUT2D eigenvalue weighted by Gasteiger charge is -2.11. The number of rotatable bonds is 9. The van der Waals surface area contributed by atoms with Crippen LogP contribution in [0, 0.1) is 13.8 Å². The van der Waals surface area contributed by atoms with Crippen molar-refractivity contribution in [3.05, 3.63) is 90.8 Å². The summed E-state index contributed by atoms with van der Waals surface area (Å²) < 4.78 is 29.8. The van der Waals surface area contributed by atoms with E-state index >= 15 is 0 Å². The molecule has 0 unspecified atom stereocenters. The summed E-state index contributed by atoms with van der Waals surface area (Å²) in [5.41, 5.74) is 2.45. The van der Waals surface area contributed by atoms with Crippen LogP contribution in [0.15, 0.2) is 89.3 Å². The summed E-state index contributed by atoms with van der Waals surface area (Å²) in [6, 6.07) is 16.9. The number of carbonyl (C=O) groups excluding carboxylic acids is 1. The molecular formula is C26H23N9O3S2. The van der Waals surface area contributed by atoms with Gasteiger partial charge in [0.15, 0.2) is 11.0 Å². The zero-order valence-electron chi connectivity index (χ0n) is 21.4. The summed E-state index contributed by atoms with van der Waals surface area (Å²) in [5, 5.41) is 11.8. The Bertz CT molecular complexity index is 1730. The highest BCUT2D eigenvalue weighted by atomic mass is 32.2. The van der Waals surface area contributed by atoms with Gasteiger partial charge in [-0.1, -0.05) is 30.0 Å². The van der Waals surface area contributed by atoms with E-state index in [4.69, 9.17) is 0 Å². The number of nitrogens with zero attached hydrogens (tertiary/aromatic N) is 7. The number of aryl methyl sites for hydroxylation is 2. The lowest BCUT2D eigenvalue weighted by molar-refractivity contribution is -0.113. The smallest absolute Gasteiger partial charge is 0.263 e. The lowest BCUT2D eigenvalue weighted by Crippen LogP contribution is -2.16. The first kappa shape index (κ1) is 26.9. The average Bonchev–Trinajstić information content (AvgIpc) is 3.36. The van der Waals surface area contributed by atoms with Gasteiger partial charge in [0, 0.05) is 35.5 Å². The topological polar surface area (TPSA) is 158 Å². The molecule has 0 saturated carbocycles. The second-order valence-corrected chi connectivity index (χ2v) is 11.1. The predicted molar refractivity (Wildman–Crippen MR) is 150 cm³/mol. The highest BCUT2D eigenvalue weighted by molar-refractivity contribution is 7.99. The molecule has 3 heterocycles. The fraction of sp³-hybridized carbons (Fsp3) is 0.115. The van der Waals surface area contributed by atoms with Crippen molar-refractivity contribution < 1.29 is 13.2 Å². The number of para-hydroxylation sites is 1. The van der Waals surface area contributed by atoms with Gasteiger partial charge in [-0.2, -0.15) is 0 Å². The van der Waals surface area contributed by atoms with Crippen molar-refractivity contribution in [3.63, 3.8) is 0 Å². The van der Waals surface area contributed by atoms with Crippen molar-refractivity contribution in [3.8, 4) is 17.2 Å². The van der Waals surface area contributed by atoms with Gasteiger partial charge < -0.3 is 5.32 Å². The Labute approximate surface area is 234 Å². The number of thioether (sulfide) groups is 1. The maximum atomic E-state index is 12.8. The number of aromatic nitrogens is 7. The van der Waals surface area contributed by atoms with E-state index in [0.29, 0.717) is 33.9 Å². The molecule has 0 aliphatic carbocycles. The Morgan fingerprint density at radius 3 is 2.45 bits per heavy atom. The number of carbonyl (C=O) groups is 1. The van der Waals surface area contributed by atoms with E-state index in [2.05, 4.69) is 40.2 Å². The molecule has 5 aromatic rings. The van der Waals surface area contributed by atoms with Crippen LogP contribution >= 0.6 is 11.8 Å². The molecule has 2 aromatic carbocycles. The normalized spacial score (nSPS) is 11.2. The van der Waals surface area contributed by atoms with Crippen LogP contribution in [0.4, 0.5) is 11.5 Å². The van der Waals surface area contributed by atoms with E-state index in [0.717, 1.165) is 5.69 Å². The number of benzene rings is 2. The van der Waals surface area contributed by atoms with Crippen molar-refractivity contribution in [2.75, 3.05) is 15.8 Å². The third-order valence-corrected chi connectivity index (χ3v) is 7.73. The SMILES string of the molecule is Cc1cc(NS(=O)(=O)c2ccc(NC(=O)CSc3nnc(-c4cnccn4)n3-c3ccccc3)cc2)nc(C)n1. The van der Waals surface area contributed by atoms with Gasteiger partial charge in [0.25, 0.3) is 10.0 Å². The molecule has 0 radical (unpaired) electrons. The number of sulfonamides is 1. The number of hydrogen-bond acceptors (Lipinski definition) is 10. The molecule has 3 aromatic heterocycles. The molecule has 0 spiro atoms. The van der Waals surface area contributed by atoms with Gasteiger partial charge in [-0.25, -0.2) is 23.4 Å². The summed E-state index contributed by atoms with van der Waals surface area (Å²) in [6.07, 6.45) is 4.74. The van der Waals surface area contributed by atoms with E-state index in [1.807, 2.05) is 34.9 Å². The molecular weight excluding hydrogens is 550 g/mol. The molecule has 40 heavy (non-hydrogen) atoms. The molecule has 0 aliphatic rings. The quantitative estimate of drug-likeness (QED) is 0.249. The van der Waals surface area contributed by atoms with Gasteiger partial charge in [-0.15, -0.1) is 10.2 Å². The minimum Gasteiger partial charge on any atom is -0.325 e. The first-order valence-corrected chi connectivity index (χ1v) is 14.4. The van der Waals surface area contributed by atoms with Crippen LogP contribution in [-0.4, -0.2) is 54.8 Å². The molecule has 202 valence electrons. The van der Waals surface area contributed by atoms with Gasteiger partial charge in [0.05, 0.1) is 16.8 Å². The first-order valence-electron chi connectivity index (χ1n) is 11.9. The van der Waals surface area contributed by atoms with Crippen LogP contribution in [-0.2, 0) is 14.8 Å². The molecule has 14 heteroatoms. The fourth-order valence-electron chi connectivity index (χ4n) is 3.76. The minimum absolute atomic E-state index is 0.0290. The maximum Gasteiger partial charge on any atom is 0.263 e. The average molecular weight is 574 g/mol. The zero-order chi connectivity index (χ0) is 28.1. The van der Waals surface area contributed by atoms with Crippen LogP contribution < -0.4 is 10.0 Å². The van der Waals surface area contributed by atoms with Gasteiger partial charge in [0.1, 0.15) is 17.3 Å². The van der Waals surface area contributed by atoms with E-state index in [9.17, 15) is 13.2 Å². The van der Waals surface area contributed by atoms with Gasteiger partial charge in [-0.05, 0) is 50.2 Å². The second kappa shape index (κ2) is 11.6. The molecule has 0 fully saturated rings. The Morgan fingerprint density at radius 2 is 1.75 bits per heavy atom. The van der Waals surface area contributed by atoms with Crippen LogP contribution in [0.1, 0.15) is 11.5 Å². The predicted octanol–water partition coefficient (Wildman–Crippen LogP) is 3.66. The molecule has 1 amide bonds. The van der Waals surface area contributed by atoms with Crippen LogP contribution in [0.5, 0.6) is 0 Å². The Morgan fingerprint density at radius 1 is 0.975 bits per heavy atom. The number of hydrogen-bond donors (Lipinski definition) is 2. The van der Waals surface area contributed by atoms with Crippen molar-refractivity contribution in [2.24, 2.45) is 0 Å². The summed E-state index contributed by atoms with van der Waals surface area (Å²) in [5.74, 6) is 0.888. The van der Waals surface area contributed by atoms with Crippen molar-refractivity contribution in [1.82, 2.24) is 34.7 Å². The monoisotopic (exact) mass is 573 g/mol. The van der Waals surface area contributed by atoms with E-state index in [1.165, 1.54) is 36.0 Å². The molecule has 0 saturated heterocycles. The highest BCUT2D eigenvalue weighted by Crippen LogP contribution is 2.27. The van der Waals surface area contributed by atoms with Crippen LogP contribution in [0.2, 0.25) is 0 Å². The Hall–Kier alpha value is -4.69. The van der Waals surface area contributed by atoms with Crippen molar-refractivity contribution in [1.29, 1.82) is 0 Å². The summed E-state index contributed by atoms with van der Waals surface area (Å²) in [7, 11) is -3.87. The molecule has 0 atom stereocenters. The van der Waals surface area contributed by atoms with E-state index in [1.54, 1.807) is 38.5 Å². The van der Waals surface area contributed by atoms with E-state index in [-0.39, 0.29) is 22.4 Å².